The third-order valence-corrected chi connectivity index (χ3v) is 10.4. The summed E-state index contributed by atoms with van der Waals surface area (Å²) in [6, 6.07) is 19.0. The minimum Gasteiger partial charge on any atom is -0.493 e. The first-order valence-electron chi connectivity index (χ1n) is 16.9. The van der Waals surface area contributed by atoms with Gasteiger partial charge in [-0.05, 0) is 96.4 Å². The molecule has 1 aliphatic rings. The maximum absolute atomic E-state index is 5.61. The van der Waals surface area contributed by atoms with Gasteiger partial charge in [0, 0.05) is 55.7 Å². The molecule has 14 heteroatoms. The fourth-order valence-electron chi connectivity index (χ4n) is 6.72. The van der Waals surface area contributed by atoms with Crippen LogP contribution in [0.5, 0.6) is 34.5 Å². The second-order valence-corrected chi connectivity index (χ2v) is 13.4. The molecule has 0 atom stereocenters. The smallest absolute Gasteiger partial charge is 0.203 e. The molecule has 292 valence electrons. The Balaban J connectivity index is 0.00000261. The number of ether oxygens (including phenoxy) is 6. The molecule has 1 saturated heterocycles. The Kier molecular flexibility index (Phi) is 16.8. The highest BCUT2D eigenvalue weighted by Gasteiger charge is 2.27. The van der Waals surface area contributed by atoms with Crippen molar-refractivity contribution in [2.24, 2.45) is 0 Å². The first-order valence-corrected chi connectivity index (χ1v) is 17.8. The summed E-state index contributed by atoms with van der Waals surface area (Å²) in [4.78, 5) is 14.5. The van der Waals surface area contributed by atoms with Gasteiger partial charge in [-0.15, -0.1) is 48.6 Å². The molecule has 1 fully saturated rings. The van der Waals surface area contributed by atoms with E-state index in [2.05, 4.69) is 57.4 Å². The van der Waals surface area contributed by atoms with E-state index in [1.165, 1.54) is 21.7 Å². The van der Waals surface area contributed by atoms with E-state index in [1.54, 1.807) is 42.7 Å². The molecule has 2 aromatic carbocycles. The standard InChI is InChI=1S/C40H46N4O6S.3ClH/c1-26-16-38(51-25-26)44(24-28-9-13-42-33(18-28)30-21-36(47-4)40(50-7)37(22-30)48-5)31-10-14-43(15-11-31)23-27-8-12-41-32(17-27)29-19-34(45-2)39(49-6)35(20-29)46-3;;;/h8-9,12-13,16-22,25,31H,10-11,14-15,23-24H2,1-7H3;3*1H. The van der Waals surface area contributed by atoms with Gasteiger partial charge in [0.25, 0.3) is 0 Å². The van der Waals surface area contributed by atoms with Crippen molar-refractivity contribution in [3.8, 4) is 57.0 Å². The van der Waals surface area contributed by atoms with E-state index in [-0.39, 0.29) is 37.2 Å². The average molecular weight is 820 g/mol. The number of rotatable bonds is 14. The van der Waals surface area contributed by atoms with Crippen molar-refractivity contribution in [1.82, 2.24) is 14.9 Å². The number of aryl methyl sites for hydroxylation is 1. The Morgan fingerprint density at radius 1 is 0.648 bits per heavy atom. The lowest BCUT2D eigenvalue weighted by molar-refractivity contribution is 0.201. The van der Waals surface area contributed by atoms with Crippen LogP contribution in [0.15, 0.2) is 72.4 Å². The largest absolute Gasteiger partial charge is 0.493 e. The second kappa shape index (κ2) is 20.5. The number of aromatic nitrogens is 2. The zero-order valence-corrected chi connectivity index (χ0v) is 34.9. The molecule has 0 saturated carbocycles. The number of methoxy groups -OCH3 is 6. The molecule has 0 N–H and O–H groups in total. The zero-order valence-electron chi connectivity index (χ0n) is 31.6. The van der Waals surface area contributed by atoms with Gasteiger partial charge in [0.05, 0.1) is 59.0 Å². The number of pyridine rings is 2. The van der Waals surface area contributed by atoms with E-state index < -0.39 is 0 Å². The van der Waals surface area contributed by atoms with Crippen LogP contribution in [0.4, 0.5) is 5.00 Å². The number of benzene rings is 2. The van der Waals surface area contributed by atoms with E-state index in [0.717, 1.165) is 61.5 Å². The van der Waals surface area contributed by atoms with Gasteiger partial charge in [-0.25, -0.2) is 0 Å². The summed E-state index contributed by atoms with van der Waals surface area (Å²) >= 11 is 1.81. The van der Waals surface area contributed by atoms with E-state index in [4.69, 9.17) is 33.4 Å². The van der Waals surface area contributed by atoms with Gasteiger partial charge in [-0.3, -0.25) is 14.9 Å². The van der Waals surface area contributed by atoms with Gasteiger partial charge in [-0.2, -0.15) is 0 Å². The number of nitrogens with zero attached hydrogens (tertiary/aromatic N) is 4. The van der Waals surface area contributed by atoms with Crippen LogP contribution >= 0.6 is 48.6 Å². The molecule has 0 bridgehead atoms. The normalized spacial score (nSPS) is 12.7. The van der Waals surface area contributed by atoms with Crippen molar-refractivity contribution in [1.29, 1.82) is 0 Å². The number of hydrogen-bond acceptors (Lipinski definition) is 11. The summed E-state index contributed by atoms with van der Waals surface area (Å²) < 4.78 is 33.4. The summed E-state index contributed by atoms with van der Waals surface area (Å²) in [5, 5.41) is 3.53. The lowest BCUT2D eigenvalue weighted by Crippen LogP contribution is -2.44. The quantitative estimate of drug-likeness (QED) is 0.108. The number of halogens is 3. The molecule has 1 aliphatic heterocycles. The monoisotopic (exact) mass is 818 g/mol. The van der Waals surface area contributed by atoms with Gasteiger partial charge in [0.2, 0.25) is 11.5 Å². The summed E-state index contributed by atoms with van der Waals surface area (Å²) in [7, 11) is 9.73. The highest BCUT2D eigenvalue weighted by Crippen LogP contribution is 2.42. The molecule has 10 nitrogen and oxygen atoms in total. The van der Waals surface area contributed by atoms with Crippen LogP contribution in [-0.2, 0) is 13.1 Å². The van der Waals surface area contributed by atoms with Crippen LogP contribution in [0.1, 0.15) is 29.5 Å². The van der Waals surface area contributed by atoms with Crippen molar-refractivity contribution in [3.05, 3.63) is 89.1 Å². The minimum absolute atomic E-state index is 0. The summed E-state index contributed by atoms with van der Waals surface area (Å²) in [5.74, 6) is 3.55. The molecule has 4 heterocycles. The topological polar surface area (TPSA) is 87.6 Å². The average Bonchev–Trinajstić information content (AvgIpc) is 3.61. The minimum atomic E-state index is 0. The number of anilines is 1. The fourth-order valence-corrected chi connectivity index (χ4v) is 7.69. The maximum atomic E-state index is 5.61. The highest BCUT2D eigenvalue weighted by molar-refractivity contribution is 7.14. The van der Waals surface area contributed by atoms with Crippen LogP contribution in [0.3, 0.4) is 0 Å². The zero-order chi connectivity index (χ0) is 35.9. The van der Waals surface area contributed by atoms with Gasteiger partial charge in [0.1, 0.15) is 0 Å². The lowest BCUT2D eigenvalue weighted by atomic mass is 10.0. The van der Waals surface area contributed by atoms with Crippen molar-refractivity contribution >= 4 is 53.6 Å². The number of piperidine rings is 1. The number of thiophene rings is 1. The molecular weight excluding hydrogens is 771 g/mol. The third kappa shape index (κ3) is 9.94. The van der Waals surface area contributed by atoms with Crippen LogP contribution < -0.4 is 33.3 Å². The van der Waals surface area contributed by atoms with Gasteiger partial charge >= 0.3 is 0 Å². The summed E-state index contributed by atoms with van der Waals surface area (Å²) in [5.41, 5.74) is 7.23. The third-order valence-electron chi connectivity index (χ3n) is 9.33. The van der Waals surface area contributed by atoms with Crippen molar-refractivity contribution in [2.45, 2.75) is 38.9 Å². The Morgan fingerprint density at radius 3 is 1.54 bits per heavy atom. The molecular formula is C40H49Cl3N4O6S. The summed E-state index contributed by atoms with van der Waals surface area (Å²) in [6.45, 7) is 5.80. The second-order valence-electron chi connectivity index (χ2n) is 12.5. The van der Waals surface area contributed by atoms with Gasteiger partial charge in [0.15, 0.2) is 23.0 Å². The molecule has 0 unspecified atom stereocenters. The Bertz CT molecular complexity index is 1910. The first-order chi connectivity index (χ1) is 24.9. The molecule has 3 aromatic heterocycles. The highest BCUT2D eigenvalue weighted by atomic mass is 35.5. The van der Waals surface area contributed by atoms with E-state index >= 15 is 0 Å². The molecule has 5 aromatic rings. The summed E-state index contributed by atoms with van der Waals surface area (Å²) in [6.07, 6.45) is 5.89. The molecule has 6 rings (SSSR count). The Morgan fingerprint density at radius 2 is 1.11 bits per heavy atom. The SMILES string of the molecule is COc1cc(-c2cc(CN3CCC(N(Cc4ccnc(-c5cc(OC)c(OC)c(OC)c5)c4)c4cc(C)cs4)CC3)ccn2)cc(OC)c1OC.Cl.Cl.Cl. The van der Waals surface area contributed by atoms with Crippen molar-refractivity contribution in [2.75, 3.05) is 60.6 Å². The predicted molar refractivity (Wildman–Crippen MR) is 224 cm³/mol. The van der Waals surface area contributed by atoms with Crippen molar-refractivity contribution < 1.29 is 28.4 Å². The van der Waals surface area contributed by atoms with Crippen LogP contribution in [0.25, 0.3) is 22.5 Å². The van der Waals surface area contributed by atoms with Crippen LogP contribution in [0.2, 0.25) is 0 Å². The Labute approximate surface area is 341 Å². The molecule has 0 amide bonds. The maximum Gasteiger partial charge on any atom is 0.203 e. The van der Waals surface area contributed by atoms with Gasteiger partial charge in [-0.1, -0.05) is 0 Å². The van der Waals surface area contributed by atoms with Gasteiger partial charge < -0.3 is 33.3 Å². The molecule has 54 heavy (non-hydrogen) atoms. The van der Waals surface area contributed by atoms with Crippen LogP contribution in [-0.4, -0.2) is 76.7 Å². The van der Waals surface area contributed by atoms with E-state index in [0.29, 0.717) is 40.5 Å². The predicted octanol–water partition coefficient (Wildman–Crippen LogP) is 9.17. The van der Waals surface area contributed by atoms with E-state index in [9.17, 15) is 0 Å². The lowest BCUT2D eigenvalue weighted by Gasteiger charge is -2.39. The Hall–Kier alpha value is -4.13. The van der Waals surface area contributed by atoms with E-state index in [1.807, 2.05) is 48.0 Å². The van der Waals surface area contributed by atoms with Crippen LogP contribution in [0, 0.1) is 6.92 Å². The number of hydrogen-bond donors (Lipinski definition) is 0. The molecule has 0 spiro atoms. The van der Waals surface area contributed by atoms with Crippen molar-refractivity contribution in [3.63, 3.8) is 0 Å². The number of likely N-dealkylation sites (tertiary alicyclic amines) is 1. The molecule has 0 radical (unpaired) electrons. The first kappa shape index (κ1) is 44.3. The fraction of sp³-hybridized carbons (Fsp3) is 0.350. The molecule has 0 aliphatic carbocycles.